The highest BCUT2D eigenvalue weighted by atomic mass is 16.5. The Morgan fingerprint density at radius 3 is 2.28 bits per heavy atom. The van der Waals surface area contributed by atoms with Gasteiger partial charge in [-0.15, -0.1) is 0 Å². The molecule has 4 atom stereocenters. The van der Waals surface area contributed by atoms with Crippen LogP contribution in [0.4, 0.5) is 0 Å². The fourth-order valence-corrected chi connectivity index (χ4v) is 8.16. The molecule has 0 radical (unpaired) electrons. The van der Waals surface area contributed by atoms with Crippen molar-refractivity contribution in [3.63, 3.8) is 0 Å². The van der Waals surface area contributed by atoms with E-state index in [9.17, 15) is 19.2 Å². The second-order valence-corrected chi connectivity index (χ2v) is 14.5. The van der Waals surface area contributed by atoms with E-state index in [-0.39, 0.29) is 31.4 Å². The Hall–Kier alpha value is -4.80. The summed E-state index contributed by atoms with van der Waals surface area (Å²) in [5.74, 6) is -0.932. The van der Waals surface area contributed by atoms with E-state index in [1.165, 1.54) is 29.1 Å². The number of carbonyl (C=O) groups excluding carboxylic acids is 4. The van der Waals surface area contributed by atoms with Crippen LogP contribution in [0.5, 0.6) is 0 Å². The molecule has 3 aromatic rings. The average Bonchev–Trinajstić information content (AvgIpc) is 3.20. The minimum Gasteiger partial charge on any atom is -0.382 e. The second kappa shape index (κ2) is 18.3. The first-order chi connectivity index (χ1) is 25.9. The van der Waals surface area contributed by atoms with Gasteiger partial charge >= 0.3 is 0 Å². The molecule has 4 unspecified atom stereocenters. The van der Waals surface area contributed by atoms with Gasteiger partial charge in [0.25, 0.3) is 0 Å². The maximum Gasteiger partial charge on any atom is 0.249 e. The van der Waals surface area contributed by atoms with Crippen LogP contribution in [-0.4, -0.2) is 108 Å². The van der Waals surface area contributed by atoms with Gasteiger partial charge < -0.3 is 29.7 Å². The summed E-state index contributed by atoms with van der Waals surface area (Å²) in [6.45, 7) is 5.92. The third kappa shape index (κ3) is 9.23. The number of amides is 4. The molecule has 4 amide bonds. The molecule has 1 N–H and O–H groups in total. The monoisotopic (exact) mass is 719 g/mol. The fourth-order valence-electron chi connectivity index (χ4n) is 8.16. The van der Waals surface area contributed by atoms with Gasteiger partial charge in [0.2, 0.25) is 24.1 Å². The van der Waals surface area contributed by atoms with Crippen molar-refractivity contribution in [1.82, 2.24) is 24.9 Å². The van der Waals surface area contributed by atoms with Crippen molar-refractivity contribution in [2.24, 2.45) is 0 Å². The van der Waals surface area contributed by atoms with Crippen molar-refractivity contribution in [2.75, 3.05) is 39.9 Å². The molecule has 0 aromatic heterocycles. The Kier molecular flexibility index (Phi) is 13.1. The maximum absolute atomic E-state index is 14.5. The molecule has 53 heavy (non-hydrogen) atoms. The van der Waals surface area contributed by atoms with E-state index in [1.807, 2.05) is 109 Å². The molecular formula is C43H53N5O5. The molecule has 10 heteroatoms. The number of carbonyl (C=O) groups is 4. The van der Waals surface area contributed by atoms with Crippen molar-refractivity contribution < 1.29 is 23.9 Å². The number of rotatable bonds is 15. The molecule has 3 saturated heterocycles. The Balaban J connectivity index is 1.29. The van der Waals surface area contributed by atoms with Crippen LogP contribution in [0.25, 0.3) is 6.08 Å². The van der Waals surface area contributed by atoms with Crippen molar-refractivity contribution >= 4 is 30.2 Å². The molecule has 3 aliphatic rings. The number of hydrogen-bond acceptors (Lipinski definition) is 6. The van der Waals surface area contributed by atoms with E-state index >= 15 is 0 Å². The highest BCUT2D eigenvalue weighted by molar-refractivity contribution is 5.98. The molecule has 0 saturated carbocycles. The molecule has 3 aromatic carbocycles. The lowest BCUT2D eigenvalue weighted by molar-refractivity contribution is -0.170. The Morgan fingerprint density at radius 1 is 0.925 bits per heavy atom. The first-order valence-electron chi connectivity index (χ1n) is 19.0. The van der Waals surface area contributed by atoms with Gasteiger partial charge in [-0.3, -0.25) is 19.2 Å². The number of ether oxygens (including phenoxy) is 1. The van der Waals surface area contributed by atoms with Gasteiger partial charge in [-0.2, -0.15) is 0 Å². The Morgan fingerprint density at radius 2 is 1.62 bits per heavy atom. The van der Waals surface area contributed by atoms with Gasteiger partial charge in [0, 0.05) is 32.8 Å². The lowest BCUT2D eigenvalue weighted by Crippen LogP contribution is -2.74. The summed E-state index contributed by atoms with van der Waals surface area (Å²) in [7, 11) is 1.57. The van der Waals surface area contributed by atoms with E-state index in [4.69, 9.17) is 4.74 Å². The van der Waals surface area contributed by atoms with Crippen molar-refractivity contribution in [3.8, 4) is 0 Å². The molecule has 6 rings (SSSR count). The quantitative estimate of drug-likeness (QED) is 0.176. The van der Waals surface area contributed by atoms with Crippen molar-refractivity contribution in [3.05, 3.63) is 113 Å². The van der Waals surface area contributed by atoms with Gasteiger partial charge in [-0.05, 0) is 62.4 Å². The van der Waals surface area contributed by atoms with Gasteiger partial charge in [0.1, 0.15) is 12.1 Å². The lowest BCUT2D eigenvalue weighted by Gasteiger charge is -2.53. The van der Waals surface area contributed by atoms with E-state index in [2.05, 4.69) is 10.2 Å². The molecule has 280 valence electrons. The Bertz CT molecular complexity index is 1700. The summed E-state index contributed by atoms with van der Waals surface area (Å²) in [6, 6.07) is 24.3. The summed E-state index contributed by atoms with van der Waals surface area (Å²) in [5, 5.41) is 3.02. The number of nitrogens with one attached hydrogen (secondary N) is 1. The number of aryl methyl sites for hydroxylation is 1. The molecule has 10 nitrogen and oxygen atoms in total. The third-order valence-corrected chi connectivity index (χ3v) is 11.0. The van der Waals surface area contributed by atoms with Gasteiger partial charge in [-0.25, -0.2) is 0 Å². The fraction of sp³-hybridized carbons (Fsp3) is 0.442. The number of likely N-dealkylation sites (tertiary alicyclic amines) is 3. The topological polar surface area (TPSA) is 102 Å². The first kappa shape index (κ1) is 37.9. The van der Waals surface area contributed by atoms with Crippen LogP contribution in [0, 0.1) is 6.92 Å². The second-order valence-electron chi connectivity index (χ2n) is 14.5. The standard InChI is InChI=1S/C43H53N5O5/c1-32-13-12-16-33(27-32)19-20-37-41(47(31-49)39(30-53-2)35-17-8-4-9-18-35)43(52)48(37)38(42(51)44-29-34-14-6-3-7-15-34)28-40(50)46-25-21-36(22-26-46)45-23-10-5-11-24-45/h3-4,6-9,12-20,27,31,36-39,41H,5,10-11,21-26,28-30H2,1-2H3,(H,44,51)/b20-19+. The molecular weight excluding hydrogens is 667 g/mol. The Labute approximate surface area is 313 Å². The number of piperidine rings is 2. The van der Waals surface area contributed by atoms with Crippen LogP contribution in [0.2, 0.25) is 0 Å². The van der Waals surface area contributed by atoms with Crippen LogP contribution in [-0.2, 0) is 30.5 Å². The number of nitrogens with zero attached hydrogens (tertiary/aromatic N) is 4. The summed E-state index contributed by atoms with van der Waals surface area (Å²) < 4.78 is 5.56. The average molecular weight is 720 g/mol. The first-order valence-corrected chi connectivity index (χ1v) is 19.0. The number of hydrogen-bond donors (Lipinski definition) is 1. The molecule has 0 aliphatic carbocycles. The molecule has 3 fully saturated rings. The van der Waals surface area contributed by atoms with E-state index in [1.54, 1.807) is 7.11 Å². The number of β-lactam (4-membered cyclic amide) rings is 1. The zero-order chi connectivity index (χ0) is 37.2. The SMILES string of the molecule is COCC(c1ccccc1)N(C=O)C1C(=O)N(C(CC(=O)N2CCC(N3CCCCC3)CC2)C(=O)NCc2ccccc2)C1/C=C/c1cccc(C)c1. The lowest BCUT2D eigenvalue weighted by atomic mass is 9.87. The predicted molar refractivity (Wildman–Crippen MR) is 205 cm³/mol. The summed E-state index contributed by atoms with van der Waals surface area (Å²) in [5.41, 5.74) is 3.74. The van der Waals surface area contributed by atoms with Crippen LogP contribution < -0.4 is 5.32 Å². The van der Waals surface area contributed by atoms with Gasteiger partial charge in [-0.1, -0.05) is 109 Å². The van der Waals surface area contributed by atoms with E-state index in [0.29, 0.717) is 25.5 Å². The zero-order valence-corrected chi connectivity index (χ0v) is 31.0. The van der Waals surface area contributed by atoms with Crippen LogP contribution in [0.3, 0.4) is 0 Å². The van der Waals surface area contributed by atoms with E-state index < -0.39 is 30.1 Å². The molecule has 3 heterocycles. The van der Waals surface area contributed by atoms with Crippen LogP contribution in [0.15, 0.2) is 91.0 Å². The zero-order valence-electron chi connectivity index (χ0n) is 31.0. The largest absolute Gasteiger partial charge is 0.382 e. The highest BCUT2D eigenvalue weighted by Gasteiger charge is 2.55. The van der Waals surface area contributed by atoms with Gasteiger partial charge in [0.15, 0.2) is 0 Å². The molecule has 0 bridgehead atoms. The number of benzene rings is 3. The minimum absolute atomic E-state index is 0.145. The third-order valence-electron chi connectivity index (χ3n) is 11.0. The van der Waals surface area contributed by atoms with E-state index in [0.717, 1.165) is 48.2 Å². The molecule has 0 spiro atoms. The van der Waals surface area contributed by atoms with Crippen molar-refractivity contribution in [2.45, 2.75) is 82.2 Å². The van der Waals surface area contributed by atoms with Gasteiger partial charge in [0.05, 0.1) is 25.1 Å². The normalized spacial score (nSPS) is 20.8. The minimum atomic E-state index is -1.08. The summed E-state index contributed by atoms with van der Waals surface area (Å²) >= 11 is 0. The summed E-state index contributed by atoms with van der Waals surface area (Å²) in [6.07, 6.45) is 9.89. The predicted octanol–water partition coefficient (Wildman–Crippen LogP) is 4.99. The molecule has 3 aliphatic heterocycles. The maximum atomic E-state index is 14.5. The number of methoxy groups -OCH3 is 1. The summed E-state index contributed by atoms with van der Waals surface area (Å²) in [4.78, 5) is 63.3. The van der Waals surface area contributed by atoms with Crippen molar-refractivity contribution in [1.29, 1.82) is 0 Å². The van der Waals surface area contributed by atoms with Crippen LogP contribution >= 0.6 is 0 Å². The van der Waals surface area contributed by atoms with Crippen LogP contribution in [0.1, 0.15) is 66.8 Å². The smallest absolute Gasteiger partial charge is 0.249 e. The highest BCUT2D eigenvalue weighted by Crippen LogP contribution is 2.35.